The molecule has 0 N–H and O–H groups in total. The molecule has 1 nitrogen and oxygen atoms in total. The van der Waals surface area contributed by atoms with Gasteiger partial charge in [-0.05, 0) is 12.1 Å². The van der Waals surface area contributed by atoms with Crippen LogP contribution in [0.2, 0.25) is 0 Å². The van der Waals surface area contributed by atoms with E-state index in [2.05, 4.69) is 0 Å². The van der Waals surface area contributed by atoms with E-state index in [-0.39, 0.29) is 5.56 Å². The number of hydrogen-bond acceptors (Lipinski definition) is 1. The van der Waals surface area contributed by atoms with Crippen molar-refractivity contribution in [1.29, 1.82) is 0 Å². The summed E-state index contributed by atoms with van der Waals surface area (Å²) >= 11 is 9.79. The van der Waals surface area contributed by atoms with Crippen LogP contribution in [0.4, 0.5) is 8.78 Å². The summed E-state index contributed by atoms with van der Waals surface area (Å²) in [4.78, 5) is 11.0. The molecule has 0 aromatic heterocycles. The fraction of sp³-hybridized carbons (Fsp3) is 0.125. The minimum atomic E-state index is -3.01. The summed E-state index contributed by atoms with van der Waals surface area (Å²) in [6.45, 7) is 0. The Hall–Kier alpha value is -0.670. The summed E-state index contributed by atoms with van der Waals surface area (Å²) in [5, 5.41) is 0. The van der Waals surface area contributed by atoms with Crippen LogP contribution in [0, 0.1) is 5.82 Å². The number of halogens is 4. The van der Waals surface area contributed by atoms with E-state index in [9.17, 15) is 13.6 Å². The molecule has 0 bridgehead atoms. The van der Waals surface area contributed by atoms with Gasteiger partial charge in [0.15, 0.2) is 0 Å². The van der Waals surface area contributed by atoms with Crippen molar-refractivity contribution < 1.29 is 13.6 Å². The van der Waals surface area contributed by atoms with Crippen molar-refractivity contribution in [3.63, 3.8) is 0 Å². The van der Waals surface area contributed by atoms with E-state index in [4.69, 9.17) is 23.2 Å². The second-order valence-electron chi connectivity index (χ2n) is 2.34. The maximum atomic E-state index is 12.7. The Morgan fingerprint density at radius 3 is 2.46 bits per heavy atom. The van der Waals surface area contributed by atoms with E-state index < -0.39 is 16.2 Å². The molecule has 5 heteroatoms. The third kappa shape index (κ3) is 2.64. The second-order valence-corrected chi connectivity index (χ2v) is 3.57. The largest absolute Gasteiger partial charge is 0.320 e. The first-order valence-electron chi connectivity index (χ1n) is 3.28. The molecule has 0 aliphatic heterocycles. The van der Waals surface area contributed by atoms with Crippen LogP contribution in [0.25, 0.3) is 0 Å². The molecule has 0 heterocycles. The van der Waals surface area contributed by atoms with Crippen molar-refractivity contribution in [3.8, 4) is 0 Å². The Labute approximate surface area is 83.3 Å². The highest BCUT2D eigenvalue weighted by Crippen LogP contribution is 2.27. The van der Waals surface area contributed by atoms with Crippen LogP contribution in [-0.4, -0.2) is 10.4 Å². The van der Waals surface area contributed by atoms with Crippen LogP contribution >= 0.6 is 23.2 Å². The molecule has 0 saturated carbocycles. The zero-order valence-electron chi connectivity index (χ0n) is 6.23. The molecule has 0 aliphatic carbocycles. The third-order valence-corrected chi connectivity index (χ3v) is 1.69. The fourth-order valence-electron chi connectivity index (χ4n) is 0.793. The number of ketones is 1. The summed E-state index contributed by atoms with van der Waals surface area (Å²) in [5.74, 6) is -1.82. The number of benzene rings is 1. The zero-order valence-corrected chi connectivity index (χ0v) is 7.74. The van der Waals surface area contributed by atoms with E-state index >= 15 is 0 Å². The van der Waals surface area contributed by atoms with Gasteiger partial charge in [0.1, 0.15) is 5.82 Å². The zero-order chi connectivity index (χ0) is 10.1. The molecule has 0 unspecified atom stereocenters. The van der Waals surface area contributed by atoms with Crippen molar-refractivity contribution in [1.82, 2.24) is 0 Å². The quantitative estimate of drug-likeness (QED) is 0.558. The second kappa shape index (κ2) is 3.60. The summed E-state index contributed by atoms with van der Waals surface area (Å²) < 4.78 is 22.2. The number of hydrogen-bond donors (Lipinski definition) is 0. The molecule has 70 valence electrons. The molecule has 0 fully saturated rings. The molecule has 0 radical (unpaired) electrons. The number of carbonyl (C=O) groups excluding carboxylic acids is 1. The van der Waals surface area contributed by atoms with E-state index in [1.165, 1.54) is 12.1 Å². The molecule has 1 aromatic carbocycles. The molecule has 0 amide bonds. The van der Waals surface area contributed by atoms with E-state index in [0.29, 0.717) is 0 Å². The molecule has 0 aliphatic rings. The number of carbonyl (C=O) groups is 1. The topological polar surface area (TPSA) is 17.1 Å². The Bertz CT molecular complexity index is 333. The highest BCUT2D eigenvalue weighted by Gasteiger charge is 2.34. The maximum absolute atomic E-state index is 12.7. The average molecular weight is 225 g/mol. The van der Waals surface area contributed by atoms with Crippen molar-refractivity contribution in [2.75, 3.05) is 0 Å². The lowest BCUT2D eigenvalue weighted by Crippen LogP contribution is -2.20. The van der Waals surface area contributed by atoms with Crippen molar-refractivity contribution in [2.24, 2.45) is 0 Å². The van der Waals surface area contributed by atoms with Crippen LogP contribution in [-0.2, 0) is 0 Å². The number of Topliss-reactive ketones (excluding diaryl/α,β-unsaturated/α-hetero) is 1. The van der Waals surface area contributed by atoms with Crippen LogP contribution in [0.3, 0.4) is 0 Å². The Kier molecular flexibility index (Phi) is 2.88. The molecule has 13 heavy (non-hydrogen) atoms. The predicted molar refractivity (Wildman–Crippen MR) is 46.3 cm³/mol. The van der Waals surface area contributed by atoms with Gasteiger partial charge in [-0.15, -0.1) is 0 Å². The number of alkyl halides is 3. The maximum Gasteiger partial charge on any atom is 0.320 e. The summed E-state index contributed by atoms with van der Waals surface area (Å²) in [5.41, 5.74) is -0.201. The lowest BCUT2D eigenvalue weighted by molar-refractivity contribution is 0.0905. The summed E-state index contributed by atoms with van der Waals surface area (Å²) in [7, 11) is 0. The monoisotopic (exact) mass is 224 g/mol. The third-order valence-electron chi connectivity index (χ3n) is 1.34. The van der Waals surface area contributed by atoms with Gasteiger partial charge in [0, 0.05) is 5.56 Å². The molecule has 0 spiro atoms. The minimum Gasteiger partial charge on any atom is -0.288 e. The summed E-state index contributed by atoms with van der Waals surface area (Å²) in [6, 6.07) is 4.48. The van der Waals surface area contributed by atoms with Gasteiger partial charge in [0.05, 0.1) is 0 Å². The first-order chi connectivity index (χ1) is 5.91. The van der Waals surface area contributed by atoms with Crippen molar-refractivity contribution >= 4 is 29.0 Å². The first kappa shape index (κ1) is 10.4. The molecule has 1 rings (SSSR count). The number of rotatable bonds is 2. The van der Waals surface area contributed by atoms with Gasteiger partial charge < -0.3 is 0 Å². The van der Waals surface area contributed by atoms with Crippen molar-refractivity contribution in [2.45, 2.75) is 4.59 Å². The van der Waals surface area contributed by atoms with E-state index in [0.717, 1.165) is 12.1 Å². The molecule has 1 aromatic rings. The van der Waals surface area contributed by atoms with Gasteiger partial charge in [0.2, 0.25) is 5.78 Å². The lowest BCUT2D eigenvalue weighted by atomic mass is 10.1. The van der Waals surface area contributed by atoms with Gasteiger partial charge >= 0.3 is 4.59 Å². The molecular formula is C8H4Cl2F2O. The highest BCUT2D eigenvalue weighted by molar-refractivity contribution is 6.58. The highest BCUT2D eigenvalue weighted by atomic mass is 35.5. The molecule has 0 saturated heterocycles. The smallest absolute Gasteiger partial charge is 0.288 e. The van der Waals surface area contributed by atoms with Gasteiger partial charge in [-0.25, -0.2) is 4.39 Å². The van der Waals surface area contributed by atoms with Gasteiger partial charge in [0.25, 0.3) is 0 Å². The van der Waals surface area contributed by atoms with E-state index in [1.54, 1.807) is 0 Å². The molecule has 0 atom stereocenters. The predicted octanol–water partition coefficient (Wildman–Crippen LogP) is 3.11. The fourth-order valence-corrected chi connectivity index (χ4v) is 1.01. The lowest BCUT2D eigenvalue weighted by Gasteiger charge is -2.07. The Morgan fingerprint density at radius 1 is 1.38 bits per heavy atom. The van der Waals surface area contributed by atoms with Crippen LogP contribution in [0.5, 0.6) is 0 Å². The summed E-state index contributed by atoms with van der Waals surface area (Å²) in [6.07, 6.45) is 0. The Morgan fingerprint density at radius 2 is 2.00 bits per heavy atom. The first-order valence-corrected chi connectivity index (χ1v) is 4.04. The molecular weight excluding hydrogens is 221 g/mol. The average Bonchev–Trinajstić information content (AvgIpc) is 2.01. The standard InChI is InChI=1S/C8H4Cl2F2O/c9-8(10,12)7(13)5-2-1-3-6(11)4-5/h1-4H. The van der Waals surface area contributed by atoms with Crippen LogP contribution in [0.1, 0.15) is 10.4 Å². The normalized spacial score (nSPS) is 11.4. The van der Waals surface area contributed by atoms with E-state index in [1.807, 2.05) is 0 Å². The minimum absolute atomic E-state index is 0.201. The van der Waals surface area contributed by atoms with Gasteiger partial charge in [-0.2, -0.15) is 4.39 Å². The van der Waals surface area contributed by atoms with Gasteiger partial charge in [-0.3, -0.25) is 4.79 Å². The van der Waals surface area contributed by atoms with Crippen LogP contribution in [0.15, 0.2) is 24.3 Å². The van der Waals surface area contributed by atoms with Crippen LogP contribution < -0.4 is 0 Å². The van der Waals surface area contributed by atoms with Crippen molar-refractivity contribution in [3.05, 3.63) is 35.6 Å². The Balaban J connectivity index is 3.03. The van der Waals surface area contributed by atoms with Gasteiger partial charge in [-0.1, -0.05) is 35.3 Å². The SMILES string of the molecule is O=C(c1cccc(F)c1)C(F)(Cl)Cl.